The van der Waals surface area contributed by atoms with Crippen LogP contribution in [-0.2, 0) is 0 Å². The second-order valence-electron chi connectivity index (χ2n) is 4.17. The Bertz CT molecular complexity index is 145. The summed E-state index contributed by atoms with van der Waals surface area (Å²) in [5.74, 6) is 2.50. The molecule has 1 saturated heterocycles. The first-order chi connectivity index (χ1) is 5.41. The molecule has 0 bridgehead atoms. The minimum atomic E-state index is -0.522. The first-order valence-corrected chi connectivity index (χ1v) is 6.39. The summed E-state index contributed by atoms with van der Waals surface area (Å²) >= 11 is 3.99. The van der Waals surface area contributed by atoms with Crippen LogP contribution in [0.15, 0.2) is 0 Å². The summed E-state index contributed by atoms with van der Waals surface area (Å²) in [6.45, 7) is 6.04. The van der Waals surface area contributed by atoms with Crippen molar-refractivity contribution in [3.8, 4) is 0 Å². The van der Waals surface area contributed by atoms with E-state index >= 15 is 0 Å². The zero-order valence-electron chi connectivity index (χ0n) is 8.09. The van der Waals surface area contributed by atoms with Crippen LogP contribution in [0.4, 0.5) is 0 Å². The van der Waals surface area contributed by atoms with Crippen LogP contribution in [0, 0.1) is 0 Å². The molecule has 3 heteroatoms. The van der Waals surface area contributed by atoms with Crippen molar-refractivity contribution in [2.24, 2.45) is 0 Å². The number of hydrogen-bond acceptors (Lipinski definition) is 3. The molecule has 1 rings (SSSR count). The summed E-state index contributed by atoms with van der Waals surface area (Å²) in [5.41, 5.74) is -0.522. The van der Waals surface area contributed by atoms with Crippen molar-refractivity contribution in [3.05, 3.63) is 0 Å². The van der Waals surface area contributed by atoms with Gasteiger partial charge in [-0.15, -0.1) is 23.5 Å². The maximum Gasteiger partial charge on any atom is 0.0613 e. The van der Waals surface area contributed by atoms with E-state index in [0.717, 1.165) is 6.42 Å². The van der Waals surface area contributed by atoms with Gasteiger partial charge in [-0.25, -0.2) is 0 Å². The van der Waals surface area contributed by atoms with Crippen LogP contribution >= 0.6 is 23.5 Å². The Labute approximate surface area is 83.7 Å². The maximum atomic E-state index is 9.71. The summed E-state index contributed by atoms with van der Waals surface area (Å²) in [5, 5.41) is 9.71. The number of rotatable bonds is 2. The second-order valence-corrected chi connectivity index (χ2v) is 7.63. The Hall–Kier alpha value is 0.660. The Morgan fingerprint density at radius 2 is 1.83 bits per heavy atom. The predicted molar refractivity (Wildman–Crippen MR) is 58.9 cm³/mol. The van der Waals surface area contributed by atoms with Crippen molar-refractivity contribution in [1.29, 1.82) is 0 Å². The van der Waals surface area contributed by atoms with Gasteiger partial charge in [0.15, 0.2) is 0 Å². The fourth-order valence-electron chi connectivity index (χ4n) is 1.56. The lowest BCUT2D eigenvalue weighted by Gasteiger charge is -2.36. The van der Waals surface area contributed by atoms with Crippen molar-refractivity contribution in [2.75, 3.05) is 11.5 Å². The predicted octanol–water partition coefficient (Wildman–Crippen LogP) is 2.73. The number of thioether (sulfide) groups is 2. The minimum Gasteiger partial charge on any atom is -0.390 e. The van der Waals surface area contributed by atoms with Gasteiger partial charge in [-0.2, -0.15) is 0 Å². The molecule has 0 saturated carbocycles. The van der Waals surface area contributed by atoms with Crippen LogP contribution in [0.3, 0.4) is 0 Å². The van der Waals surface area contributed by atoms with Crippen LogP contribution < -0.4 is 0 Å². The number of hydrogen-bond donors (Lipinski definition) is 1. The topological polar surface area (TPSA) is 20.2 Å². The molecule has 0 aromatic rings. The molecular formula is C9H18OS2. The van der Waals surface area contributed by atoms with Crippen molar-refractivity contribution in [1.82, 2.24) is 0 Å². The van der Waals surface area contributed by atoms with Gasteiger partial charge in [0.25, 0.3) is 0 Å². The Kier molecular flexibility index (Phi) is 3.41. The summed E-state index contributed by atoms with van der Waals surface area (Å²) in [6.07, 6.45) is 2.20. The van der Waals surface area contributed by atoms with Crippen molar-refractivity contribution in [3.63, 3.8) is 0 Å². The Morgan fingerprint density at radius 1 is 1.33 bits per heavy atom. The van der Waals surface area contributed by atoms with E-state index in [1.807, 2.05) is 37.4 Å². The highest BCUT2D eigenvalue weighted by Gasteiger charge is 2.33. The Balaban J connectivity index is 2.47. The molecule has 0 spiro atoms. The van der Waals surface area contributed by atoms with Gasteiger partial charge in [0.1, 0.15) is 0 Å². The first kappa shape index (κ1) is 10.7. The third-order valence-corrected chi connectivity index (χ3v) is 5.06. The second kappa shape index (κ2) is 3.81. The zero-order chi connectivity index (χ0) is 9.24. The molecule has 0 atom stereocenters. The molecule has 72 valence electrons. The fourth-order valence-corrected chi connectivity index (χ4v) is 4.93. The highest BCUT2D eigenvalue weighted by atomic mass is 32.2. The van der Waals surface area contributed by atoms with Crippen LogP contribution in [-0.4, -0.2) is 26.3 Å². The summed E-state index contributed by atoms with van der Waals surface area (Å²) in [4.78, 5) is 0. The van der Waals surface area contributed by atoms with E-state index in [1.165, 1.54) is 17.9 Å². The molecule has 0 unspecified atom stereocenters. The smallest absolute Gasteiger partial charge is 0.0613 e. The summed E-state index contributed by atoms with van der Waals surface area (Å²) in [6, 6.07) is 0. The molecule has 1 N–H and O–H groups in total. The first-order valence-electron chi connectivity index (χ1n) is 4.42. The standard InChI is InChI=1S/C9H18OS2/c1-8(2,10)7-9(3)11-5-4-6-12-9/h10H,4-7H2,1-3H3. The molecule has 1 heterocycles. The van der Waals surface area contributed by atoms with Gasteiger partial charge < -0.3 is 5.11 Å². The lowest BCUT2D eigenvalue weighted by atomic mass is 10.0. The van der Waals surface area contributed by atoms with Crippen LogP contribution in [0.25, 0.3) is 0 Å². The lowest BCUT2D eigenvalue weighted by molar-refractivity contribution is 0.0692. The van der Waals surface area contributed by atoms with E-state index in [9.17, 15) is 5.11 Å². The highest BCUT2D eigenvalue weighted by Crippen LogP contribution is 2.46. The van der Waals surface area contributed by atoms with Crippen molar-refractivity contribution < 1.29 is 5.11 Å². The third kappa shape index (κ3) is 3.58. The van der Waals surface area contributed by atoms with Gasteiger partial charge in [-0.1, -0.05) is 0 Å². The van der Waals surface area contributed by atoms with E-state index in [-0.39, 0.29) is 4.08 Å². The average molecular weight is 206 g/mol. The normalized spacial score (nSPS) is 24.0. The molecule has 1 fully saturated rings. The van der Waals surface area contributed by atoms with Crippen LogP contribution in [0.2, 0.25) is 0 Å². The SMILES string of the molecule is CC(C)(O)CC1(C)SCCCS1. The van der Waals surface area contributed by atoms with Gasteiger partial charge >= 0.3 is 0 Å². The molecular weight excluding hydrogens is 188 g/mol. The quantitative estimate of drug-likeness (QED) is 0.750. The van der Waals surface area contributed by atoms with Gasteiger partial charge in [0.05, 0.1) is 9.68 Å². The van der Waals surface area contributed by atoms with E-state index in [2.05, 4.69) is 6.92 Å². The molecule has 1 aliphatic heterocycles. The van der Waals surface area contributed by atoms with E-state index < -0.39 is 5.60 Å². The van der Waals surface area contributed by atoms with Gasteiger partial charge in [0, 0.05) is 0 Å². The zero-order valence-corrected chi connectivity index (χ0v) is 9.73. The maximum absolute atomic E-state index is 9.71. The molecule has 0 radical (unpaired) electrons. The van der Waals surface area contributed by atoms with Crippen LogP contribution in [0.1, 0.15) is 33.6 Å². The molecule has 1 nitrogen and oxygen atoms in total. The molecule has 1 aliphatic rings. The molecule has 0 aromatic carbocycles. The van der Waals surface area contributed by atoms with E-state index in [4.69, 9.17) is 0 Å². The lowest BCUT2D eigenvalue weighted by Crippen LogP contribution is -2.32. The van der Waals surface area contributed by atoms with Gasteiger partial charge in [0.2, 0.25) is 0 Å². The average Bonchev–Trinajstić information content (AvgIpc) is 1.83. The van der Waals surface area contributed by atoms with E-state index in [1.54, 1.807) is 0 Å². The van der Waals surface area contributed by atoms with Gasteiger partial charge in [-0.3, -0.25) is 0 Å². The molecule has 0 aromatic heterocycles. The monoisotopic (exact) mass is 206 g/mol. The van der Waals surface area contributed by atoms with Crippen LogP contribution in [0.5, 0.6) is 0 Å². The molecule has 12 heavy (non-hydrogen) atoms. The van der Waals surface area contributed by atoms with E-state index in [0.29, 0.717) is 0 Å². The highest BCUT2D eigenvalue weighted by molar-refractivity contribution is 8.18. The largest absolute Gasteiger partial charge is 0.390 e. The minimum absolute atomic E-state index is 0.247. The van der Waals surface area contributed by atoms with Crippen molar-refractivity contribution in [2.45, 2.75) is 43.3 Å². The Morgan fingerprint density at radius 3 is 2.25 bits per heavy atom. The fraction of sp³-hybridized carbons (Fsp3) is 1.00. The number of aliphatic hydroxyl groups is 1. The molecule has 0 amide bonds. The summed E-state index contributed by atoms with van der Waals surface area (Å²) < 4.78 is 0.247. The third-order valence-electron chi connectivity index (χ3n) is 1.86. The van der Waals surface area contributed by atoms with Gasteiger partial charge in [-0.05, 0) is 45.1 Å². The molecule has 0 aliphatic carbocycles. The summed E-state index contributed by atoms with van der Waals surface area (Å²) in [7, 11) is 0. The van der Waals surface area contributed by atoms with Crippen molar-refractivity contribution >= 4 is 23.5 Å².